The van der Waals surface area contributed by atoms with E-state index in [1.54, 1.807) is 0 Å². The average molecular weight is 246 g/mol. The quantitative estimate of drug-likeness (QED) is 0.879. The second-order valence-electron chi connectivity index (χ2n) is 5.47. The number of nitrogens with one attached hydrogen (secondary N) is 1. The van der Waals surface area contributed by atoms with Gasteiger partial charge in [-0.25, -0.2) is 0 Å². The molecule has 2 heteroatoms. The van der Waals surface area contributed by atoms with Crippen LogP contribution in [0.1, 0.15) is 36.5 Å². The van der Waals surface area contributed by atoms with E-state index in [9.17, 15) is 0 Å². The van der Waals surface area contributed by atoms with Gasteiger partial charge in [-0.15, -0.1) is 0 Å². The molecule has 1 aromatic rings. The van der Waals surface area contributed by atoms with Crippen LogP contribution in [0.2, 0.25) is 0 Å². The molecule has 1 N–H and O–H groups in total. The van der Waals surface area contributed by atoms with Gasteiger partial charge in [-0.1, -0.05) is 25.1 Å². The van der Waals surface area contributed by atoms with Crippen LogP contribution in [0.4, 0.5) is 0 Å². The Kier molecular flexibility index (Phi) is 4.79. The topological polar surface area (TPSA) is 15.3 Å². The minimum atomic E-state index is 0.665. The van der Waals surface area contributed by atoms with Crippen LogP contribution in [0.3, 0.4) is 0 Å². The van der Waals surface area contributed by atoms with Gasteiger partial charge in [0.2, 0.25) is 0 Å². The number of rotatable bonds is 4. The highest BCUT2D eigenvalue weighted by Crippen LogP contribution is 2.14. The number of hydrogen-bond acceptors (Lipinski definition) is 2. The second kappa shape index (κ2) is 6.35. The molecule has 0 amide bonds. The maximum Gasteiger partial charge on any atom is 0.0211 e. The van der Waals surface area contributed by atoms with Gasteiger partial charge in [-0.3, -0.25) is 0 Å². The standard InChI is InChI=1S/C16H26N2/c1-4-18-10-6-9-16(12-18)17-11-15-8-5-7-13(2)14(15)3/h5,7-8,16-17H,4,6,9-12H2,1-3H3. The molecule has 0 bridgehead atoms. The summed E-state index contributed by atoms with van der Waals surface area (Å²) in [4.78, 5) is 2.55. The van der Waals surface area contributed by atoms with Crippen LogP contribution in [0.5, 0.6) is 0 Å². The van der Waals surface area contributed by atoms with Gasteiger partial charge < -0.3 is 10.2 Å². The van der Waals surface area contributed by atoms with E-state index in [-0.39, 0.29) is 0 Å². The van der Waals surface area contributed by atoms with E-state index < -0.39 is 0 Å². The Labute approximate surface area is 111 Å². The number of nitrogens with zero attached hydrogens (tertiary/aromatic N) is 1. The lowest BCUT2D eigenvalue weighted by Gasteiger charge is -2.32. The summed E-state index contributed by atoms with van der Waals surface area (Å²) in [5.74, 6) is 0. The summed E-state index contributed by atoms with van der Waals surface area (Å²) in [5.41, 5.74) is 4.28. The molecule has 0 aliphatic carbocycles. The van der Waals surface area contributed by atoms with Crippen molar-refractivity contribution >= 4 is 0 Å². The van der Waals surface area contributed by atoms with E-state index in [1.165, 1.54) is 49.2 Å². The number of piperidine rings is 1. The molecule has 1 atom stereocenters. The van der Waals surface area contributed by atoms with Crippen molar-refractivity contribution in [3.63, 3.8) is 0 Å². The lowest BCUT2D eigenvalue weighted by molar-refractivity contribution is 0.198. The van der Waals surface area contributed by atoms with Crippen LogP contribution in [0.15, 0.2) is 18.2 Å². The van der Waals surface area contributed by atoms with Crippen LogP contribution >= 0.6 is 0 Å². The fourth-order valence-corrected chi connectivity index (χ4v) is 2.77. The van der Waals surface area contributed by atoms with E-state index in [1.807, 2.05) is 0 Å². The molecule has 2 nitrogen and oxygen atoms in total. The molecule has 1 saturated heterocycles. The second-order valence-corrected chi connectivity index (χ2v) is 5.47. The van der Waals surface area contributed by atoms with E-state index in [0.29, 0.717) is 6.04 Å². The molecule has 100 valence electrons. The van der Waals surface area contributed by atoms with Crippen molar-refractivity contribution < 1.29 is 0 Å². The van der Waals surface area contributed by atoms with Gasteiger partial charge >= 0.3 is 0 Å². The molecule has 1 aliphatic heterocycles. The first-order valence-electron chi connectivity index (χ1n) is 7.21. The normalized spacial score (nSPS) is 21.2. The number of benzene rings is 1. The zero-order chi connectivity index (χ0) is 13.0. The van der Waals surface area contributed by atoms with E-state index in [0.717, 1.165) is 6.54 Å². The van der Waals surface area contributed by atoms with Crippen molar-refractivity contribution in [1.29, 1.82) is 0 Å². The maximum absolute atomic E-state index is 3.73. The molecule has 0 aromatic heterocycles. The zero-order valence-corrected chi connectivity index (χ0v) is 12.0. The smallest absolute Gasteiger partial charge is 0.0211 e. The first kappa shape index (κ1) is 13.6. The van der Waals surface area contributed by atoms with Crippen molar-refractivity contribution in [3.05, 3.63) is 34.9 Å². The summed E-state index contributed by atoms with van der Waals surface area (Å²) >= 11 is 0. The molecule has 1 aliphatic rings. The largest absolute Gasteiger partial charge is 0.309 e. The Morgan fingerprint density at radius 1 is 1.33 bits per heavy atom. The van der Waals surface area contributed by atoms with Gasteiger partial charge in [0.15, 0.2) is 0 Å². The third-order valence-electron chi connectivity index (χ3n) is 4.25. The Balaban J connectivity index is 1.89. The first-order chi connectivity index (χ1) is 8.70. The molecule has 1 aromatic carbocycles. The minimum absolute atomic E-state index is 0.665. The lowest BCUT2D eigenvalue weighted by Crippen LogP contribution is -2.45. The lowest BCUT2D eigenvalue weighted by atomic mass is 10.0. The SMILES string of the molecule is CCN1CCCC(NCc2cccc(C)c2C)C1. The summed E-state index contributed by atoms with van der Waals surface area (Å²) in [6, 6.07) is 7.27. The van der Waals surface area contributed by atoms with Gasteiger partial charge in [0.05, 0.1) is 0 Å². The molecular weight excluding hydrogens is 220 g/mol. The molecule has 2 rings (SSSR count). The number of likely N-dealkylation sites (tertiary alicyclic amines) is 1. The van der Waals surface area contributed by atoms with Crippen LogP contribution < -0.4 is 5.32 Å². The third kappa shape index (κ3) is 3.33. The summed E-state index contributed by atoms with van der Waals surface area (Å²) in [7, 11) is 0. The van der Waals surface area contributed by atoms with Crippen LogP contribution in [0, 0.1) is 13.8 Å². The van der Waals surface area contributed by atoms with Crippen molar-refractivity contribution in [3.8, 4) is 0 Å². The highest BCUT2D eigenvalue weighted by Gasteiger charge is 2.18. The zero-order valence-electron chi connectivity index (χ0n) is 12.0. The highest BCUT2D eigenvalue weighted by atomic mass is 15.2. The number of aryl methyl sites for hydroxylation is 1. The molecule has 1 unspecified atom stereocenters. The van der Waals surface area contributed by atoms with Crippen molar-refractivity contribution in [1.82, 2.24) is 10.2 Å². The van der Waals surface area contributed by atoms with Gasteiger partial charge in [0.25, 0.3) is 0 Å². The molecular formula is C16H26N2. The van der Waals surface area contributed by atoms with Gasteiger partial charge in [0, 0.05) is 19.1 Å². The average Bonchev–Trinajstić information content (AvgIpc) is 2.41. The fraction of sp³-hybridized carbons (Fsp3) is 0.625. The summed E-state index contributed by atoms with van der Waals surface area (Å²) < 4.78 is 0. The van der Waals surface area contributed by atoms with E-state index in [4.69, 9.17) is 0 Å². The Hall–Kier alpha value is -0.860. The Bertz CT molecular complexity index is 387. The Morgan fingerprint density at radius 3 is 2.94 bits per heavy atom. The van der Waals surface area contributed by atoms with Crippen LogP contribution in [0.25, 0.3) is 0 Å². The third-order valence-corrected chi connectivity index (χ3v) is 4.25. The van der Waals surface area contributed by atoms with Crippen molar-refractivity contribution in [2.75, 3.05) is 19.6 Å². The van der Waals surface area contributed by atoms with Crippen LogP contribution in [-0.4, -0.2) is 30.6 Å². The van der Waals surface area contributed by atoms with Gasteiger partial charge in [-0.05, 0) is 56.5 Å². The monoisotopic (exact) mass is 246 g/mol. The molecule has 18 heavy (non-hydrogen) atoms. The predicted molar refractivity (Wildman–Crippen MR) is 77.9 cm³/mol. The highest BCUT2D eigenvalue weighted by molar-refractivity contribution is 5.32. The molecule has 1 heterocycles. The molecule has 0 radical (unpaired) electrons. The minimum Gasteiger partial charge on any atom is -0.309 e. The summed E-state index contributed by atoms with van der Waals surface area (Å²) in [6.07, 6.45) is 2.65. The van der Waals surface area contributed by atoms with E-state index >= 15 is 0 Å². The predicted octanol–water partition coefficient (Wildman–Crippen LogP) is 2.88. The molecule has 0 saturated carbocycles. The van der Waals surface area contributed by atoms with Gasteiger partial charge in [0.1, 0.15) is 0 Å². The molecule has 1 fully saturated rings. The van der Waals surface area contributed by atoms with Gasteiger partial charge in [-0.2, -0.15) is 0 Å². The molecule has 0 spiro atoms. The van der Waals surface area contributed by atoms with E-state index in [2.05, 4.69) is 49.2 Å². The van der Waals surface area contributed by atoms with Crippen molar-refractivity contribution in [2.24, 2.45) is 0 Å². The fourth-order valence-electron chi connectivity index (χ4n) is 2.77. The number of likely N-dealkylation sites (N-methyl/N-ethyl adjacent to an activating group) is 1. The maximum atomic E-state index is 3.73. The summed E-state index contributed by atoms with van der Waals surface area (Å²) in [6.45, 7) is 11.4. The first-order valence-corrected chi connectivity index (χ1v) is 7.21. The Morgan fingerprint density at radius 2 is 2.17 bits per heavy atom. The summed E-state index contributed by atoms with van der Waals surface area (Å²) in [5, 5.41) is 3.73. The van der Waals surface area contributed by atoms with Crippen LogP contribution in [-0.2, 0) is 6.54 Å². The number of hydrogen-bond donors (Lipinski definition) is 1. The van der Waals surface area contributed by atoms with Crippen molar-refractivity contribution in [2.45, 2.75) is 46.2 Å².